The summed E-state index contributed by atoms with van der Waals surface area (Å²) in [5, 5.41) is 6.26. The predicted molar refractivity (Wildman–Crippen MR) is 153 cm³/mol. The highest BCUT2D eigenvalue weighted by atomic mass is 35.5. The van der Waals surface area contributed by atoms with E-state index in [1.807, 2.05) is 25.2 Å². The summed E-state index contributed by atoms with van der Waals surface area (Å²) in [5.41, 5.74) is 2.35. The van der Waals surface area contributed by atoms with Gasteiger partial charge in [-0.25, -0.2) is 4.98 Å². The SMILES string of the molecule is C=CC(=O)Nc1ccccc1Nc1ncc(CN(C=O)c2cc(OC)cc(OC)c2Cl)c(N(C)CC2CC2)n1. The van der Waals surface area contributed by atoms with E-state index >= 15 is 0 Å². The summed E-state index contributed by atoms with van der Waals surface area (Å²) < 4.78 is 10.7. The zero-order valence-corrected chi connectivity index (χ0v) is 22.9. The first-order chi connectivity index (χ1) is 18.9. The molecule has 1 aliphatic rings. The lowest BCUT2D eigenvalue weighted by atomic mass is 10.2. The van der Waals surface area contributed by atoms with E-state index in [9.17, 15) is 9.59 Å². The van der Waals surface area contributed by atoms with Crippen molar-refractivity contribution < 1.29 is 19.1 Å². The maximum atomic E-state index is 12.3. The van der Waals surface area contributed by atoms with Crippen LogP contribution in [0.3, 0.4) is 0 Å². The maximum Gasteiger partial charge on any atom is 0.247 e. The fourth-order valence-corrected chi connectivity index (χ4v) is 4.37. The first kappa shape index (κ1) is 27.7. The Hall–Kier alpha value is -4.31. The van der Waals surface area contributed by atoms with E-state index in [1.165, 1.54) is 38.0 Å². The lowest BCUT2D eigenvalue weighted by Crippen LogP contribution is -2.27. The Kier molecular flexibility index (Phi) is 8.88. The van der Waals surface area contributed by atoms with E-state index in [4.69, 9.17) is 26.1 Å². The van der Waals surface area contributed by atoms with Crippen LogP contribution in [0.4, 0.5) is 28.8 Å². The summed E-state index contributed by atoms with van der Waals surface area (Å²) >= 11 is 6.56. The number of para-hydroxylation sites is 2. The van der Waals surface area contributed by atoms with Crippen molar-refractivity contribution in [1.29, 1.82) is 0 Å². The molecule has 39 heavy (non-hydrogen) atoms. The van der Waals surface area contributed by atoms with Gasteiger partial charge in [0.1, 0.15) is 22.3 Å². The maximum absolute atomic E-state index is 12.3. The van der Waals surface area contributed by atoms with Crippen LogP contribution in [0.15, 0.2) is 55.3 Å². The first-order valence-corrected chi connectivity index (χ1v) is 12.7. The van der Waals surface area contributed by atoms with Gasteiger partial charge < -0.3 is 29.9 Å². The lowest BCUT2D eigenvalue weighted by molar-refractivity contribution is -0.112. The van der Waals surface area contributed by atoms with Crippen LogP contribution in [0.2, 0.25) is 5.02 Å². The molecule has 4 rings (SSSR count). The molecule has 204 valence electrons. The van der Waals surface area contributed by atoms with Crippen molar-refractivity contribution in [3.8, 4) is 11.5 Å². The summed E-state index contributed by atoms with van der Waals surface area (Å²) in [5.74, 6) is 2.18. The van der Waals surface area contributed by atoms with Crippen LogP contribution in [0.25, 0.3) is 0 Å². The summed E-state index contributed by atoms with van der Waals surface area (Å²) in [6, 6.07) is 10.6. The molecule has 1 saturated carbocycles. The van der Waals surface area contributed by atoms with Gasteiger partial charge in [0.2, 0.25) is 18.3 Å². The van der Waals surface area contributed by atoms with Gasteiger partial charge in [-0.05, 0) is 37.0 Å². The van der Waals surface area contributed by atoms with E-state index in [2.05, 4.69) is 27.1 Å². The number of hydrogen-bond donors (Lipinski definition) is 2. The molecule has 1 aliphatic carbocycles. The number of carbonyl (C=O) groups excluding carboxylic acids is 2. The van der Waals surface area contributed by atoms with Gasteiger partial charge in [-0.1, -0.05) is 30.3 Å². The van der Waals surface area contributed by atoms with Crippen LogP contribution < -0.4 is 29.9 Å². The van der Waals surface area contributed by atoms with Gasteiger partial charge in [0.25, 0.3) is 0 Å². The molecule has 0 spiro atoms. The van der Waals surface area contributed by atoms with E-state index < -0.39 is 0 Å². The van der Waals surface area contributed by atoms with Gasteiger partial charge in [-0.15, -0.1) is 0 Å². The molecule has 11 heteroatoms. The molecule has 1 heterocycles. The average Bonchev–Trinajstić information content (AvgIpc) is 3.77. The van der Waals surface area contributed by atoms with Crippen LogP contribution in [-0.2, 0) is 16.1 Å². The Bertz CT molecular complexity index is 1360. The second kappa shape index (κ2) is 12.5. The van der Waals surface area contributed by atoms with Crippen LogP contribution in [0, 0.1) is 5.92 Å². The normalized spacial score (nSPS) is 12.3. The van der Waals surface area contributed by atoms with Crippen molar-refractivity contribution in [2.24, 2.45) is 5.92 Å². The highest BCUT2D eigenvalue weighted by Crippen LogP contribution is 2.39. The number of anilines is 5. The molecule has 2 N–H and O–H groups in total. The number of rotatable bonds is 13. The number of methoxy groups -OCH3 is 2. The number of amides is 2. The molecule has 10 nitrogen and oxygen atoms in total. The Morgan fingerprint density at radius 1 is 1.21 bits per heavy atom. The fraction of sp³-hybridized carbons (Fsp3) is 0.286. The summed E-state index contributed by atoms with van der Waals surface area (Å²) in [7, 11) is 5.00. The second-order valence-electron chi connectivity index (χ2n) is 9.13. The predicted octanol–water partition coefficient (Wildman–Crippen LogP) is 5.02. The molecule has 3 aromatic rings. The molecule has 1 aromatic heterocycles. The smallest absolute Gasteiger partial charge is 0.247 e. The van der Waals surface area contributed by atoms with E-state index in [0.29, 0.717) is 52.7 Å². The van der Waals surface area contributed by atoms with Crippen molar-refractivity contribution in [2.45, 2.75) is 19.4 Å². The van der Waals surface area contributed by atoms with Crippen molar-refractivity contribution in [3.63, 3.8) is 0 Å². The third-order valence-corrected chi connectivity index (χ3v) is 6.66. The lowest BCUT2D eigenvalue weighted by Gasteiger charge is -2.25. The molecule has 1 fully saturated rings. The molecule has 0 saturated heterocycles. The van der Waals surface area contributed by atoms with Crippen LogP contribution in [-0.4, -0.2) is 50.1 Å². The molecular weight excluding hydrogens is 520 g/mol. The quantitative estimate of drug-likeness (QED) is 0.225. The Labute approximate surface area is 232 Å². The number of nitrogens with zero attached hydrogens (tertiary/aromatic N) is 4. The third kappa shape index (κ3) is 6.77. The van der Waals surface area contributed by atoms with Crippen molar-refractivity contribution in [1.82, 2.24) is 9.97 Å². The summed E-state index contributed by atoms with van der Waals surface area (Å²) in [6.45, 7) is 4.49. The number of benzene rings is 2. The monoisotopic (exact) mass is 550 g/mol. The molecule has 0 atom stereocenters. The van der Waals surface area contributed by atoms with Gasteiger partial charge in [0.05, 0.1) is 37.8 Å². The molecule has 0 unspecified atom stereocenters. The zero-order valence-electron chi connectivity index (χ0n) is 22.1. The molecule has 0 radical (unpaired) electrons. The van der Waals surface area contributed by atoms with Gasteiger partial charge in [-0.2, -0.15) is 4.98 Å². The van der Waals surface area contributed by atoms with Crippen molar-refractivity contribution in [3.05, 3.63) is 65.8 Å². The number of carbonyl (C=O) groups is 2. The van der Waals surface area contributed by atoms with Crippen LogP contribution in [0.1, 0.15) is 18.4 Å². The van der Waals surface area contributed by atoms with Gasteiger partial charge in [0.15, 0.2) is 0 Å². The number of ether oxygens (including phenoxy) is 2. The zero-order chi connectivity index (χ0) is 27.9. The molecule has 0 aliphatic heterocycles. The minimum absolute atomic E-state index is 0.163. The van der Waals surface area contributed by atoms with Gasteiger partial charge in [-0.3, -0.25) is 9.59 Å². The van der Waals surface area contributed by atoms with E-state index in [-0.39, 0.29) is 17.5 Å². The summed E-state index contributed by atoms with van der Waals surface area (Å²) in [6.07, 6.45) is 5.93. The van der Waals surface area contributed by atoms with E-state index in [1.54, 1.807) is 24.4 Å². The highest BCUT2D eigenvalue weighted by molar-refractivity contribution is 6.35. The van der Waals surface area contributed by atoms with Crippen molar-refractivity contribution in [2.75, 3.05) is 48.2 Å². The highest BCUT2D eigenvalue weighted by Gasteiger charge is 2.26. The van der Waals surface area contributed by atoms with Crippen LogP contribution >= 0.6 is 11.6 Å². The summed E-state index contributed by atoms with van der Waals surface area (Å²) in [4.78, 5) is 37.0. The standard InChI is InChI=1S/C28H31ClN6O4/c1-5-25(37)31-21-8-6-7-9-22(21)32-28-30-14-19(27(33-28)34(2)15-18-10-11-18)16-35(17-36)23-12-20(38-3)13-24(39-4)26(23)29/h5-9,12-14,17-18H,1,10-11,15-16H2,2-4H3,(H,31,37)(H,30,32,33). The van der Waals surface area contributed by atoms with Gasteiger partial charge in [0, 0.05) is 37.5 Å². The van der Waals surface area contributed by atoms with E-state index in [0.717, 1.165) is 12.1 Å². The number of halogens is 1. The molecular formula is C28H31ClN6O4. The molecule has 0 bridgehead atoms. The Balaban J connectivity index is 1.68. The minimum Gasteiger partial charge on any atom is -0.497 e. The topological polar surface area (TPSA) is 109 Å². The average molecular weight is 551 g/mol. The largest absolute Gasteiger partial charge is 0.497 e. The molecule has 2 aromatic carbocycles. The number of nitrogens with one attached hydrogen (secondary N) is 2. The first-order valence-electron chi connectivity index (χ1n) is 12.4. The van der Waals surface area contributed by atoms with Crippen molar-refractivity contribution >= 4 is 52.7 Å². The number of aromatic nitrogens is 2. The number of hydrogen-bond acceptors (Lipinski definition) is 8. The third-order valence-electron chi connectivity index (χ3n) is 6.28. The second-order valence-corrected chi connectivity index (χ2v) is 9.50. The molecule has 2 amide bonds. The van der Waals surface area contributed by atoms with Gasteiger partial charge >= 0.3 is 0 Å². The minimum atomic E-state index is -0.327. The Morgan fingerprint density at radius 2 is 1.95 bits per heavy atom. The fourth-order valence-electron chi connectivity index (χ4n) is 4.08. The van der Waals surface area contributed by atoms with Crippen LogP contribution in [0.5, 0.6) is 11.5 Å². The Morgan fingerprint density at radius 3 is 2.59 bits per heavy atom.